The Labute approximate surface area is 255 Å². The summed E-state index contributed by atoms with van der Waals surface area (Å²) in [4.78, 5) is 19.6. The number of aromatic nitrogens is 4. The highest BCUT2D eigenvalue weighted by Crippen LogP contribution is 2.34. The van der Waals surface area contributed by atoms with Gasteiger partial charge in [-0.15, -0.1) is 0 Å². The molecule has 0 aliphatic heterocycles. The minimum atomic E-state index is 0.634. The molecule has 2 heterocycles. The van der Waals surface area contributed by atoms with Crippen molar-refractivity contribution in [1.29, 1.82) is 0 Å². The van der Waals surface area contributed by atoms with Crippen LogP contribution in [0.4, 0.5) is 0 Å². The van der Waals surface area contributed by atoms with Crippen molar-refractivity contribution in [2.24, 2.45) is 0 Å². The topological polar surface area (TPSA) is 51.6 Å². The van der Waals surface area contributed by atoms with Gasteiger partial charge in [0.2, 0.25) is 0 Å². The van der Waals surface area contributed by atoms with E-state index in [1.54, 1.807) is 0 Å². The number of hydrogen-bond donors (Lipinski definition) is 0. The van der Waals surface area contributed by atoms with Crippen LogP contribution in [0.1, 0.15) is 0 Å². The minimum absolute atomic E-state index is 0.634. The van der Waals surface area contributed by atoms with Crippen molar-refractivity contribution >= 4 is 21.7 Å². The van der Waals surface area contributed by atoms with Crippen molar-refractivity contribution in [3.63, 3.8) is 0 Å². The molecule has 0 fully saturated rings. The molecule has 8 aromatic rings. The van der Waals surface area contributed by atoms with Gasteiger partial charge in [-0.2, -0.15) is 0 Å². The molecule has 0 amide bonds. The van der Waals surface area contributed by atoms with Crippen LogP contribution in [-0.2, 0) is 0 Å². The maximum Gasteiger partial charge on any atom is 0.164 e. The summed E-state index contributed by atoms with van der Waals surface area (Å²) >= 11 is 0. The molecule has 4 heteroatoms. The Balaban J connectivity index is 1.25. The van der Waals surface area contributed by atoms with Crippen LogP contribution >= 0.6 is 0 Å². The van der Waals surface area contributed by atoms with E-state index in [0.29, 0.717) is 17.5 Å². The first kappa shape index (κ1) is 25.7. The van der Waals surface area contributed by atoms with E-state index in [1.807, 2.05) is 48.7 Å². The fourth-order valence-electron chi connectivity index (χ4n) is 5.77. The molecular weight excluding hydrogens is 536 g/mol. The molecule has 0 unspecified atom stereocenters. The van der Waals surface area contributed by atoms with Crippen molar-refractivity contribution in [2.45, 2.75) is 0 Å². The van der Waals surface area contributed by atoms with E-state index in [1.165, 1.54) is 5.56 Å². The van der Waals surface area contributed by atoms with Gasteiger partial charge in [-0.3, -0.25) is 4.98 Å². The second kappa shape index (κ2) is 11.0. The molecule has 0 saturated carbocycles. The molecule has 0 saturated heterocycles. The summed E-state index contributed by atoms with van der Waals surface area (Å²) < 4.78 is 0. The maximum absolute atomic E-state index is 5.01. The summed E-state index contributed by atoms with van der Waals surface area (Å²) in [6.45, 7) is 0. The van der Waals surface area contributed by atoms with Gasteiger partial charge in [0, 0.05) is 33.7 Å². The third-order valence-electron chi connectivity index (χ3n) is 7.98. The smallest absolute Gasteiger partial charge is 0.164 e. The first-order chi connectivity index (χ1) is 21.8. The molecule has 0 radical (unpaired) electrons. The third kappa shape index (κ3) is 4.79. The van der Waals surface area contributed by atoms with Crippen LogP contribution in [0.15, 0.2) is 158 Å². The summed E-state index contributed by atoms with van der Waals surface area (Å²) in [6.07, 6.45) is 1.85. The Hall–Kier alpha value is -6.00. The molecule has 0 N–H and O–H groups in total. The summed E-state index contributed by atoms with van der Waals surface area (Å²) in [5.41, 5.74) is 8.39. The number of rotatable bonds is 5. The predicted molar refractivity (Wildman–Crippen MR) is 180 cm³/mol. The Kier molecular flexibility index (Phi) is 6.43. The van der Waals surface area contributed by atoms with Crippen LogP contribution in [0.25, 0.3) is 78.1 Å². The van der Waals surface area contributed by atoms with E-state index in [2.05, 4.69) is 114 Å². The number of pyridine rings is 1. The van der Waals surface area contributed by atoms with Gasteiger partial charge in [-0.25, -0.2) is 15.0 Å². The molecule has 2 aromatic heterocycles. The van der Waals surface area contributed by atoms with E-state index in [9.17, 15) is 0 Å². The predicted octanol–water partition coefficient (Wildman–Crippen LogP) is 9.91. The summed E-state index contributed by atoms with van der Waals surface area (Å²) in [7, 11) is 0. The lowest BCUT2D eigenvalue weighted by atomic mass is 9.95. The molecule has 6 aromatic carbocycles. The average Bonchev–Trinajstić information content (AvgIpc) is 3.12. The molecule has 0 aliphatic rings. The fourth-order valence-corrected chi connectivity index (χ4v) is 5.77. The second-order valence-corrected chi connectivity index (χ2v) is 10.7. The normalized spacial score (nSPS) is 11.2. The molecule has 0 aliphatic carbocycles. The standard InChI is InChI=1S/C40H26N4/c1-3-10-27(11-4-1)28-19-21-31(22-20-28)39-42-38(30-12-5-2-6-13-30)43-40(44-39)33-15-7-14-32(26-33)34-17-8-18-36-35(34)24-23-29-16-9-25-41-37(29)36/h1-26H. The van der Waals surface area contributed by atoms with Gasteiger partial charge in [0.15, 0.2) is 17.5 Å². The maximum atomic E-state index is 5.01. The number of fused-ring (bicyclic) bond motifs is 3. The van der Waals surface area contributed by atoms with Crippen molar-refractivity contribution in [3.05, 3.63) is 158 Å². The molecule has 0 bridgehead atoms. The Bertz CT molecular complexity index is 2260. The SMILES string of the molecule is c1ccc(-c2ccc(-c3nc(-c4ccccc4)nc(-c4cccc(-c5cccc6c5ccc5cccnc56)c4)n3)cc2)cc1. The molecule has 4 nitrogen and oxygen atoms in total. The summed E-state index contributed by atoms with van der Waals surface area (Å²) in [5, 5.41) is 3.43. The lowest BCUT2D eigenvalue weighted by Gasteiger charge is -2.12. The highest BCUT2D eigenvalue weighted by Gasteiger charge is 2.14. The number of hydrogen-bond acceptors (Lipinski definition) is 4. The zero-order valence-corrected chi connectivity index (χ0v) is 23.8. The van der Waals surface area contributed by atoms with E-state index in [-0.39, 0.29) is 0 Å². The zero-order valence-electron chi connectivity index (χ0n) is 23.8. The zero-order chi connectivity index (χ0) is 29.3. The van der Waals surface area contributed by atoms with Crippen molar-refractivity contribution in [3.8, 4) is 56.4 Å². The van der Waals surface area contributed by atoms with Gasteiger partial charge >= 0.3 is 0 Å². The lowest BCUT2D eigenvalue weighted by molar-refractivity contribution is 1.07. The molecule has 0 spiro atoms. The highest BCUT2D eigenvalue weighted by molar-refractivity contribution is 6.10. The van der Waals surface area contributed by atoms with Crippen LogP contribution in [0, 0.1) is 0 Å². The van der Waals surface area contributed by atoms with Crippen LogP contribution < -0.4 is 0 Å². The molecule has 206 valence electrons. The molecule has 44 heavy (non-hydrogen) atoms. The molecular formula is C40H26N4. The number of nitrogens with zero attached hydrogens (tertiary/aromatic N) is 4. The summed E-state index contributed by atoms with van der Waals surface area (Å²) in [6, 6.07) is 52.1. The molecule has 0 atom stereocenters. The van der Waals surface area contributed by atoms with Crippen LogP contribution in [0.3, 0.4) is 0 Å². The monoisotopic (exact) mass is 562 g/mol. The van der Waals surface area contributed by atoms with Crippen molar-refractivity contribution < 1.29 is 0 Å². The molecule has 8 rings (SSSR count). The van der Waals surface area contributed by atoms with E-state index >= 15 is 0 Å². The van der Waals surface area contributed by atoms with Crippen LogP contribution in [-0.4, -0.2) is 19.9 Å². The Morgan fingerprint density at radius 3 is 1.66 bits per heavy atom. The van der Waals surface area contributed by atoms with Crippen molar-refractivity contribution in [2.75, 3.05) is 0 Å². The van der Waals surface area contributed by atoms with Gasteiger partial charge in [-0.05, 0) is 39.8 Å². The third-order valence-corrected chi connectivity index (χ3v) is 7.98. The minimum Gasteiger partial charge on any atom is -0.256 e. The lowest BCUT2D eigenvalue weighted by Crippen LogP contribution is -2.00. The van der Waals surface area contributed by atoms with Gasteiger partial charge in [-0.1, -0.05) is 140 Å². The Morgan fingerprint density at radius 1 is 0.341 bits per heavy atom. The van der Waals surface area contributed by atoms with E-state index in [4.69, 9.17) is 15.0 Å². The first-order valence-electron chi connectivity index (χ1n) is 14.6. The Morgan fingerprint density at radius 2 is 0.909 bits per heavy atom. The van der Waals surface area contributed by atoms with Crippen LogP contribution in [0.5, 0.6) is 0 Å². The van der Waals surface area contributed by atoms with Gasteiger partial charge in [0.25, 0.3) is 0 Å². The summed E-state index contributed by atoms with van der Waals surface area (Å²) in [5.74, 6) is 1.92. The largest absolute Gasteiger partial charge is 0.256 e. The number of benzene rings is 6. The fraction of sp³-hybridized carbons (Fsp3) is 0. The van der Waals surface area contributed by atoms with Crippen molar-refractivity contribution in [1.82, 2.24) is 19.9 Å². The average molecular weight is 563 g/mol. The van der Waals surface area contributed by atoms with E-state index in [0.717, 1.165) is 55.1 Å². The van der Waals surface area contributed by atoms with Gasteiger partial charge < -0.3 is 0 Å². The first-order valence-corrected chi connectivity index (χ1v) is 14.6. The quantitative estimate of drug-likeness (QED) is 0.196. The highest BCUT2D eigenvalue weighted by atomic mass is 15.0. The van der Waals surface area contributed by atoms with Crippen LogP contribution in [0.2, 0.25) is 0 Å². The van der Waals surface area contributed by atoms with Gasteiger partial charge in [0.05, 0.1) is 5.52 Å². The van der Waals surface area contributed by atoms with Gasteiger partial charge in [0.1, 0.15) is 0 Å². The second-order valence-electron chi connectivity index (χ2n) is 10.7. The van der Waals surface area contributed by atoms with E-state index < -0.39 is 0 Å².